The molecule has 0 saturated carbocycles. The van der Waals surface area contributed by atoms with Crippen LogP contribution in [0.15, 0.2) is 0 Å². The van der Waals surface area contributed by atoms with E-state index in [0.29, 0.717) is 5.92 Å². The summed E-state index contributed by atoms with van der Waals surface area (Å²) in [5.41, 5.74) is 5.59. The highest BCUT2D eigenvalue weighted by molar-refractivity contribution is 5.71. The summed E-state index contributed by atoms with van der Waals surface area (Å²) in [5.74, 6) is -0.768. The van der Waals surface area contributed by atoms with Gasteiger partial charge in [-0.25, -0.2) is 4.79 Å². The Bertz CT molecular complexity index is 147. The molecule has 0 saturated heterocycles. The van der Waals surface area contributed by atoms with Gasteiger partial charge in [0.1, 0.15) is 0 Å². The second kappa shape index (κ2) is 5.11. The van der Waals surface area contributed by atoms with Crippen LogP contribution >= 0.6 is 0 Å². The summed E-state index contributed by atoms with van der Waals surface area (Å²) in [6.45, 7) is 4.01. The van der Waals surface area contributed by atoms with Crippen LogP contribution in [-0.2, 0) is 4.79 Å². The van der Waals surface area contributed by atoms with Gasteiger partial charge in [0, 0.05) is 6.04 Å². The molecule has 0 amide bonds. The highest BCUT2D eigenvalue weighted by Gasteiger charge is 2.17. The fourth-order valence-corrected chi connectivity index (χ4v) is 1.09. The molecule has 0 spiro atoms. The predicted molar refractivity (Wildman–Crippen MR) is 45.7 cm³/mol. The SMILES string of the molecule is CC(C)C[C@@H](N)C[C@H](O)C(=O)O. The third-order valence-corrected chi connectivity index (χ3v) is 1.59. The van der Waals surface area contributed by atoms with Crippen molar-refractivity contribution in [1.82, 2.24) is 0 Å². The molecule has 0 fully saturated rings. The van der Waals surface area contributed by atoms with E-state index in [0.717, 1.165) is 6.42 Å². The first-order valence-electron chi connectivity index (χ1n) is 4.10. The van der Waals surface area contributed by atoms with E-state index in [9.17, 15) is 4.79 Å². The van der Waals surface area contributed by atoms with E-state index >= 15 is 0 Å². The normalized spacial score (nSPS) is 16.1. The lowest BCUT2D eigenvalue weighted by Gasteiger charge is -2.15. The van der Waals surface area contributed by atoms with Gasteiger partial charge in [-0.2, -0.15) is 0 Å². The summed E-state index contributed by atoms with van der Waals surface area (Å²) in [6.07, 6.45) is -0.448. The number of carbonyl (C=O) groups is 1. The number of nitrogens with two attached hydrogens (primary N) is 1. The van der Waals surface area contributed by atoms with Crippen molar-refractivity contribution in [2.24, 2.45) is 11.7 Å². The molecule has 4 N–H and O–H groups in total. The maximum atomic E-state index is 10.2. The van der Waals surface area contributed by atoms with Gasteiger partial charge in [0.2, 0.25) is 0 Å². The van der Waals surface area contributed by atoms with Crippen LogP contribution in [0.4, 0.5) is 0 Å². The number of aliphatic hydroxyl groups excluding tert-OH is 1. The van der Waals surface area contributed by atoms with Gasteiger partial charge in [-0.05, 0) is 18.8 Å². The highest BCUT2D eigenvalue weighted by Crippen LogP contribution is 2.07. The first-order valence-corrected chi connectivity index (χ1v) is 4.10. The zero-order chi connectivity index (χ0) is 9.72. The number of hydrogen-bond acceptors (Lipinski definition) is 3. The third kappa shape index (κ3) is 5.09. The summed E-state index contributed by atoms with van der Waals surface area (Å²) in [5, 5.41) is 17.3. The molecule has 0 aliphatic carbocycles. The summed E-state index contributed by atoms with van der Waals surface area (Å²) in [7, 11) is 0. The van der Waals surface area contributed by atoms with Gasteiger partial charge in [-0.15, -0.1) is 0 Å². The van der Waals surface area contributed by atoms with Crippen molar-refractivity contribution in [3.8, 4) is 0 Å². The van der Waals surface area contributed by atoms with Crippen LogP contribution in [0, 0.1) is 5.92 Å². The first kappa shape index (κ1) is 11.4. The summed E-state index contributed by atoms with van der Waals surface area (Å²) >= 11 is 0. The molecule has 0 aliphatic heterocycles. The molecule has 0 heterocycles. The lowest BCUT2D eigenvalue weighted by atomic mass is 10.00. The van der Waals surface area contributed by atoms with Gasteiger partial charge >= 0.3 is 5.97 Å². The Labute approximate surface area is 72.4 Å². The molecule has 12 heavy (non-hydrogen) atoms. The Morgan fingerprint density at radius 1 is 1.42 bits per heavy atom. The Hall–Kier alpha value is -0.610. The minimum atomic E-state index is -1.32. The fraction of sp³-hybridized carbons (Fsp3) is 0.875. The number of carboxylic acids is 1. The molecule has 0 radical (unpaired) electrons. The van der Waals surface area contributed by atoms with Crippen LogP contribution in [0.3, 0.4) is 0 Å². The maximum Gasteiger partial charge on any atom is 0.332 e. The Morgan fingerprint density at radius 2 is 1.92 bits per heavy atom. The molecule has 0 aromatic rings. The Kier molecular flexibility index (Phi) is 4.85. The molecule has 0 aliphatic rings. The number of carboxylic acid groups (broad SMARTS) is 1. The zero-order valence-corrected chi connectivity index (χ0v) is 7.53. The van der Waals surface area contributed by atoms with E-state index < -0.39 is 12.1 Å². The summed E-state index contributed by atoms with van der Waals surface area (Å²) in [4.78, 5) is 10.2. The van der Waals surface area contributed by atoms with Crippen molar-refractivity contribution in [1.29, 1.82) is 0 Å². The average Bonchev–Trinajstić information content (AvgIpc) is 1.84. The van der Waals surface area contributed by atoms with E-state index in [1.165, 1.54) is 0 Å². The van der Waals surface area contributed by atoms with E-state index in [2.05, 4.69) is 0 Å². The lowest BCUT2D eigenvalue weighted by molar-refractivity contribution is -0.147. The third-order valence-electron chi connectivity index (χ3n) is 1.59. The van der Waals surface area contributed by atoms with Crippen LogP contribution in [0.2, 0.25) is 0 Å². The molecule has 0 aromatic carbocycles. The van der Waals surface area contributed by atoms with Crippen molar-refractivity contribution < 1.29 is 15.0 Å². The second-order valence-electron chi connectivity index (χ2n) is 3.48. The molecular formula is C8H17NO3. The molecule has 4 heteroatoms. The standard InChI is InChI=1S/C8H17NO3/c1-5(2)3-6(9)4-7(10)8(11)12/h5-7,10H,3-4,9H2,1-2H3,(H,11,12)/t6-,7+/m1/s1. The van der Waals surface area contributed by atoms with Gasteiger partial charge in [0.05, 0.1) is 0 Å². The largest absolute Gasteiger partial charge is 0.479 e. The molecule has 0 unspecified atom stereocenters. The van der Waals surface area contributed by atoms with Gasteiger partial charge in [0.15, 0.2) is 6.10 Å². The number of aliphatic carboxylic acids is 1. The number of aliphatic hydroxyl groups is 1. The number of rotatable bonds is 5. The van der Waals surface area contributed by atoms with Crippen molar-refractivity contribution in [2.75, 3.05) is 0 Å². The zero-order valence-electron chi connectivity index (χ0n) is 7.53. The molecular weight excluding hydrogens is 158 g/mol. The summed E-state index contributed by atoms with van der Waals surface area (Å²) in [6, 6.07) is -0.226. The van der Waals surface area contributed by atoms with Crippen molar-refractivity contribution in [3.05, 3.63) is 0 Å². The van der Waals surface area contributed by atoms with Crippen LogP contribution in [0.5, 0.6) is 0 Å². The molecule has 0 bridgehead atoms. The fourth-order valence-electron chi connectivity index (χ4n) is 1.09. The Balaban J connectivity index is 3.68. The minimum Gasteiger partial charge on any atom is -0.479 e. The van der Waals surface area contributed by atoms with Crippen molar-refractivity contribution >= 4 is 5.97 Å². The Morgan fingerprint density at radius 3 is 2.25 bits per heavy atom. The van der Waals surface area contributed by atoms with Gasteiger partial charge in [-0.1, -0.05) is 13.8 Å². The van der Waals surface area contributed by atoms with Gasteiger partial charge in [0.25, 0.3) is 0 Å². The van der Waals surface area contributed by atoms with Crippen molar-refractivity contribution in [2.45, 2.75) is 38.8 Å². The quantitative estimate of drug-likeness (QED) is 0.557. The molecule has 0 rings (SSSR count). The summed E-state index contributed by atoms with van der Waals surface area (Å²) < 4.78 is 0. The lowest BCUT2D eigenvalue weighted by Crippen LogP contribution is -2.31. The average molecular weight is 175 g/mol. The maximum absolute atomic E-state index is 10.2. The minimum absolute atomic E-state index is 0.132. The molecule has 72 valence electrons. The molecule has 4 nitrogen and oxygen atoms in total. The predicted octanol–water partition coefficient (Wildman–Crippen LogP) is 0.195. The van der Waals surface area contributed by atoms with E-state index in [1.807, 2.05) is 13.8 Å². The van der Waals surface area contributed by atoms with Crippen molar-refractivity contribution in [3.63, 3.8) is 0 Å². The second-order valence-corrected chi connectivity index (χ2v) is 3.48. The number of hydrogen-bond donors (Lipinski definition) is 3. The molecule has 0 aromatic heterocycles. The smallest absolute Gasteiger partial charge is 0.332 e. The van der Waals surface area contributed by atoms with Crippen LogP contribution < -0.4 is 5.73 Å². The van der Waals surface area contributed by atoms with Crippen LogP contribution in [0.1, 0.15) is 26.7 Å². The van der Waals surface area contributed by atoms with E-state index in [1.54, 1.807) is 0 Å². The van der Waals surface area contributed by atoms with Crippen LogP contribution in [-0.4, -0.2) is 28.3 Å². The van der Waals surface area contributed by atoms with E-state index in [-0.39, 0.29) is 12.5 Å². The highest BCUT2D eigenvalue weighted by atomic mass is 16.4. The van der Waals surface area contributed by atoms with E-state index in [4.69, 9.17) is 15.9 Å². The first-order chi connectivity index (χ1) is 5.43. The topological polar surface area (TPSA) is 83.5 Å². The monoisotopic (exact) mass is 175 g/mol. The van der Waals surface area contributed by atoms with Gasteiger partial charge in [-0.3, -0.25) is 0 Å². The van der Waals surface area contributed by atoms with Gasteiger partial charge < -0.3 is 15.9 Å². The van der Waals surface area contributed by atoms with Crippen LogP contribution in [0.25, 0.3) is 0 Å². The molecule has 2 atom stereocenters.